The Bertz CT molecular complexity index is 607. The van der Waals surface area contributed by atoms with Gasteiger partial charge in [0.15, 0.2) is 0 Å². The van der Waals surface area contributed by atoms with Gasteiger partial charge in [-0.25, -0.2) is 0 Å². The Morgan fingerprint density at radius 3 is 2.83 bits per heavy atom. The second kappa shape index (κ2) is 4.04. The van der Waals surface area contributed by atoms with Gasteiger partial charge in [-0.2, -0.15) is 0 Å². The Morgan fingerprint density at radius 1 is 1.11 bits per heavy atom. The van der Waals surface area contributed by atoms with Gasteiger partial charge in [0.1, 0.15) is 0 Å². The van der Waals surface area contributed by atoms with Crippen LogP contribution in [0.4, 0.5) is 11.4 Å². The van der Waals surface area contributed by atoms with E-state index in [1.807, 2.05) is 11.8 Å². The zero-order valence-corrected chi connectivity index (χ0v) is 10.7. The van der Waals surface area contributed by atoms with Gasteiger partial charge in [0, 0.05) is 16.2 Å². The summed E-state index contributed by atoms with van der Waals surface area (Å²) in [7, 11) is 0. The Kier molecular flexibility index (Phi) is 2.35. The summed E-state index contributed by atoms with van der Waals surface area (Å²) in [5, 5.41) is 3.57. The Morgan fingerprint density at radius 2 is 1.94 bits per heavy atom. The van der Waals surface area contributed by atoms with E-state index in [1.54, 1.807) is 0 Å². The highest BCUT2D eigenvalue weighted by Gasteiger charge is 2.26. The molecule has 4 rings (SSSR count). The number of hydrogen-bond donors (Lipinski definition) is 1. The quantitative estimate of drug-likeness (QED) is 0.704. The van der Waals surface area contributed by atoms with Crippen LogP contribution in [0.2, 0.25) is 0 Å². The molecule has 0 amide bonds. The van der Waals surface area contributed by atoms with Gasteiger partial charge in [0.2, 0.25) is 0 Å². The lowest BCUT2D eigenvalue weighted by Gasteiger charge is -2.23. The fourth-order valence-corrected chi connectivity index (χ4v) is 3.36. The van der Waals surface area contributed by atoms with Crippen LogP contribution in [-0.4, -0.2) is 12.7 Å². The SMILES string of the molecule is c1ccc2c(c1)Nc1c(CC3CO3)cccc1S2. The molecule has 0 bridgehead atoms. The highest BCUT2D eigenvalue weighted by molar-refractivity contribution is 7.99. The summed E-state index contributed by atoms with van der Waals surface area (Å²) >= 11 is 1.84. The second-order valence-corrected chi connectivity index (χ2v) is 5.76. The first kappa shape index (κ1) is 10.5. The van der Waals surface area contributed by atoms with Gasteiger partial charge in [-0.05, 0) is 23.8 Å². The molecule has 18 heavy (non-hydrogen) atoms. The highest BCUT2D eigenvalue weighted by Crippen LogP contribution is 2.45. The smallest absolute Gasteiger partial charge is 0.0850 e. The van der Waals surface area contributed by atoms with E-state index in [4.69, 9.17) is 4.74 Å². The van der Waals surface area contributed by atoms with Crippen LogP contribution in [-0.2, 0) is 11.2 Å². The van der Waals surface area contributed by atoms with Gasteiger partial charge in [-0.15, -0.1) is 0 Å². The molecule has 0 radical (unpaired) electrons. The standard InChI is InChI=1S/C15H13NOS/c1-2-6-13-12(5-1)16-15-10(8-11-9-17-11)4-3-7-14(15)18-13/h1-7,11,16H,8-9H2. The molecule has 2 aromatic rings. The predicted molar refractivity (Wildman–Crippen MR) is 73.7 cm³/mol. The van der Waals surface area contributed by atoms with Crippen molar-refractivity contribution < 1.29 is 4.74 Å². The normalized spacial score (nSPS) is 19.7. The molecule has 1 atom stereocenters. The molecule has 2 aliphatic heterocycles. The molecule has 1 N–H and O–H groups in total. The van der Waals surface area contributed by atoms with E-state index in [0.717, 1.165) is 13.0 Å². The number of ether oxygens (including phenoxy) is 1. The van der Waals surface area contributed by atoms with Crippen LogP contribution in [0.15, 0.2) is 52.3 Å². The second-order valence-electron chi connectivity index (χ2n) is 4.67. The van der Waals surface area contributed by atoms with E-state index in [1.165, 1.54) is 26.7 Å². The third kappa shape index (κ3) is 1.80. The molecule has 0 saturated carbocycles. The van der Waals surface area contributed by atoms with Crippen molar-refractivity contribution in [3.8, 4) is 0 Å². The van der Waals surface area contributed by atoms with Gasteiger partial charge in [0.25, 0.3) is 0 Å². The van der Waals surface area contributed by atoms with Crippen LogP contribution in [0, 0.1) is 0 Å². The summed E-state index contributed by atoms with van der Waals surface area (Å²) in [5.41, 5.74) is 3.83. The van der Waals surface area contributed by atoms with E-state index in [9.17, 15) is 0 Å². The minimum atomic E-state index is 0.431. The molecular formula is C15H13NOS. The summed E-state index contributed by atoms with van der Waals surface area (Å²) in [6, 6.07) is 15.0. The number of nitrogens with one attached hydrogen (secondary N) is 1. The molecule has 1 fully saturated rings. The van der Waals surface area contributed by atoms with Gasteiger partial charge in [-0.3, -0.25) is 0 Å². The lowest BCUT2D eigenvalue weighted by molar-refractivity contribution is 0.407. The lowest BCUT2D eigenvalue weighted by atomic mass is 10.1. The third-order valence-electron chi connectivity index (χ3n) is 3.33. The number of hydrogen-bond acceptors (Lipinski definition) is 3. The van der Waals surface area contributed by atoms with Crippen molar-refractivity contribution >= 4 is 23.1 Å². The average Bonchev–Trinajstić information content (AvgIpc) is 3.21. The largest absolute Gasteiger partial charge is 0.373 e. The summed E-state index contributed by atoms with van der Waals surface area (Å²) in [5.74, 6) is 0. The lowest BCUT2D eigenvalue weighted by Crippen LogP contribution is -2.05. The number of fused-ring (bicyclic) bond motifs is 2. The minimum Gasteiger partial charge on any atom is -0.373 e. The monoisotopic (exact) mass is 255 g/mol. The Balaban J connectivity index is 1.75. The maximum absolute atomic E-state index is 5.34. The molecule has 2 heterocycles. The fourth-order valence-electron chi connectivity index (χ4n) is 2.32. The van der Waals surface area contributed by atoms with Crippen molar-refractivity contribution in [2.75, 3.05) is 11.9 Å². The van der Waals surface area contributed by atoms with Crippen molar-refractivity contribution in [2.24, 2.45) is 0 Å². The number of rotatable bonds is 2. The Hall–Kier alpha value is -1.45. The van der Waals surface area contributed by atoms with Crippen molar-refractivity contribution in [1.82, 2.24) is 0 Å². The molecular weight excluding hydrogens is 242 g/mol. The van der Waals surface area contributed by atoms with Crippen LogP contribution < -0.4 is 5.32 Å². The number of para-hydroxylation sites is 2. The third-order valence-corrected chi connectivity index (χ3v) is 4.47. The summed E-state index contributed by atoms with van der Waals surface area (Å²) < 4.78 is 5.34. The van der Waals surface area contributed by atoms with Crippen LogP contribution in [0.5, 0.6) is 0 Å². The molecule has 1 saturated heterocycles. The van der Waals surface area contributed by atoms with E-state index in [2.05, 4.69) is 47.8 Å². The highest BCUT2D eigenvalue weighted by atomic mass is 32.2. The average molecular weight is 255 g/mol. The molecule has 0 spiro atoms. The van der Waals surface area contributed by atoms with Crippen LogP contribution in [0.25, 0.3) is 0 Å². The first-order valence-corrected chi connectivity index (χ1v) is 6.99. The van der Waals surface area contributed by atoms with Crippen LogP contribution >= 0.6 is 11.8 Å². The summed E-state index contributed by atoms with van der Waals surface area (Å²) in [4.78, 5) is 2.61. The molecule has 1 unspecified atom stereocenters. The van der Waals surface area contributed by atoms with Gasteiger partial charge >= 0.3 is 0 Å². The van der Waals surface area contributed by atoms with Crippen LogP contribution in [0.1, 0.15) is 5.56 Å². The zero-order chi connectivity index (χ0) is 11.9. The van der Waals surface area contributed by atoms with Gasteiger partial charge in [-0.1, -0.05) is 36.0 Å². The van der Waals surface area contributed by atoms with E-state index >= 15 is 0 Å². The van der Waals surface area contributed by atoms with Crippen molar-refractivity contribution in [3.63, 3.8) is 0 Å². The molecule has 90 valence electrons. The first-order chi connectivity index (χ1) is 8.90. The number of anilines is 2. The zero-order valence-electron chi connectivity index (χ0n) is 9.85. The summed E-state index contributed by atoms with van der Waals surface area (Å²) in [6.07, 6.45) is 1.44. The first-order valence-electron chi connectivity index (χ1n) is 6.17. The maximum atomic E-state index is 5.34. The molecule has 0 aliphatic carbocycles. The fraction of sp³-hybridized carbons (Fsp3) is 0.200. The molecule has 3 heteroatoms. The van der Waals surface area contributed by atoms with Crippen molar-refractivity contribution in [2.45, 2.75) is 22.3 Å². The van der Waals surface area contributed by atoms with E-state index in [-0.39, 0.29) is 0 Å². The molecule has 2 aliphatic rings. The Labute approximate surface area is 110 Å². The van der Waals surface area contributed by atoms with Gasteiger partial charge < -0.3 is 10.1 Å². The van der Waals surface area contributed by atoms with Crippen LogP contribution in [0.3, 0.4) is 0 Å². The summed E-state index contributed by atoms with van der Waals surface area (Å²) in [6.45, 7) is 0.910. The maximum Gasteiger partial charge on any atom is 0.0850 e. The van der Waals surface area contributed by atoms with E-state index < -0.39 is 0 Å². The van der Waals surface area contributed by atoms with E-state index in [0.29, 0.717) is 6.10 Å². The topological polar surface area (TPSA) is 24.6 Å². The number of epoxide rings is 1. The predicted octanol–water partition coefficient (Wildman–Crippen LogP) is 3.84. The molecule has 0 aromatic heterocycles. The molecule has 2 aromatic carbocycles. The van der Waals surface area contributed by atoms with Crippen molar-refractivity contribution in [1.29, 1.82) is 0 Å². The number of benzene rings is 2. The molecule has 2 nitrogen and oxygen atoms in total. The van der Waals surface area contributed by atoms with Crippen molar-refractivity contribution in [3.05, 3.63) is 48.0 Å². The minimum absolute atomic E-state index is 0.431. The van der Waals surface area contributed by atoms with Gasteiger partial charge in [0.05, 0.1) is 24.1 Å².